The third-order valence-corrected chi connectivity index (χ3v) is 5.39. The summed E-state index contributed by atoms with van der Waals surface area (Å²) in [6.07, 6.45) is 3.10. The van der Waals surface area contributed by atoms with Gasteiger partial charge in [-0.15, -0.1) is 16.4 Å². The van der Waals surface area contributed by atoms with Gasteiger partial charge in [-0.1, -0.05) is 24.3 Å². The Morgan fingerprint density at radius 2 is 2.24 bits per heavy atom. The van der Waals surface area contributed by atoms with Gasteiger partial charge < -0.3 is 5.32 Å². The molecule has 8 heteroatoms. The average Bonchev–Trinajstić information content (AvgIpc) is 2.98. The van der Waals surface area contributed by atoms with E-state index in [-0.39, 0.29) is 18.0 Å². The normalized spacial score (nSPS) is 16.6. The van der Waals surface area contributed by atoms with Gasteiger partial charge in [0.15, 0.2) is 5.13 Å². The van der Waals surface area contributed by atoms with Crippen LogP contribution in [0.25, 0.3) is 10.9 Å². The molecule has 0 bridgehead atoms. The van der Waals surface area contributed by atoms with Gasteiger partial charge in [0.05, 0.1) is 11.1 Å². The number of carbonyl (C=O) groups excluding carboxylic acids is 1. The topological polar surface area (TPSA) is 89.8 Å². The highest BCUT2D eigenvalue weighted by molar-refractivity contribution is 7.15. The van der Waals surface area contributed by atoms with E-state index in [1.807, 2.05) is 0 Å². The van der Waals surface area contributed by atoms with Crippen LogP contribution in [-0.4, -0.2) is 25.9 Å². The summed E-state index contributed by atoms with van der Waals surface area (Å²) in [5.74, 6) is 0.328. The summed E-state index contributed by atoms with van der Waals surface area (Å²) < 4.78 is 1.08. The number of benzene rings is 1. The number of nitrogens with zero attached hydrogens (tertiary/aromatic N) is 4. The molecule has 0 unspecified atom stereocenters. The van der Waals surface area contributed by atoms with E-state index in [9.17, 15) is 9.59 Å². The summed E-state index contributed by atoms with van der Waals surface area (Å²) in [7, 11) is 0. The average molecular weight is 355 g/mol. The Balaban J connectivity index is 1.51. The molecule has 0 saturated heterocycles. The fourth-order valence-corrected chi connectivity index (χ4v) is 4.20. The van der Waals surface area contributed by atoms with Crippen molar-refractivity contribution < 1.29 is 4.79 Å². The van der Waals surface area contributed by atoms with Crippen LogP contribution in [0.5, 0.6) is 0 Å². The molecule has 0 aliphatic heterocycles. The highest BCUT2D eigenvalue weighted by Crippen LogP contribution is 2.32. The van der Waals surface area contributed by atoms with Crippen molar-refractivity contribution in [3.8, 4) is 0 Å². The zero-order valence-corrected chi connectivity index (χ0v) is 14.5. The van der Waals surface area contributed by atoms with Crippen molar-refractivity contribution in [3.63, 3.8) is 0 Å². The maximum Gasteiger partial charge on any atom is 0.278 e. The van der Waals surface area contributed by atoms with Crippen LogP contribution in [0.3, 0.4) is 0 Å². The van der Waals surface area contributed by atoms with Crippen molar-refractivity contribution in [1.82, 2.24) is 20.0 Å². The lowest BCUT2D eigenvalue weighted by Gasteiger charge is -2.15. The Hall–Kier alpha value is -2.61. The molecule has 1 N–H and O–H groups in total. The first kappa shape index (κ1) is 15.9. The maximum atomic E-state index is 12.4. The lowest BCUT2D eigenvalue weighted by Crippen LogP contribution is -2.30. The van der Waals surface area contributed by atoms with Crippen LogP contribution < -0.4 is 10.9 Å². The smallest absolute Gasteiger partial charge is 0.278 e. The second-order valence-corrected chi connectivity index (χ2v) is 7.44. The third kappa shape index (κ3) is 3.17. The Kier molecular flexibility index (Phi) is 4.04. The van der Waals surface area contributed by atoms with Crippen LogP contribution in [0.4, 0.5) is 5.13 Å². The Morgan fingerprint density at radius 3 is 3.12 bits per heavy atom. The van der Waals surface area contributed by atoms with Gasteiger partial charge in [-0.05, 0) is 37.3 Å². The van der Waals surface area contributed by atoms with Crippen LogP contribution in [0, 0.1) is 5.92 Å². The summed E-state index contributed by atoms with van der Waals surface area (Å²) in [4.78, 5) is 30.4. The fraction of sp³-hybridized carbons (Fsp3) is 0.353. The number of fused-ring (bicyclic) bond motifs is 2. The molecule has 128 valence electrons. The van der Waals surface area contributed by atoms with Crippen LogP contribution in [0.2, 0.25) is 0 Å². The number of aromatic nitrogens is 4. The van der Waals surface area contributed by atoms with E-state index in [0.717, 1.165) is 29.6 Å². The largest absolute Gasteiger partial charge is 0.300 e. The summed E-state index contributed by atoms with van der Waals surface area (Å²) in [6, 6.07) is 6.95. The predicted octanol–water partition coefficient (Wildman–Crippen LogP) is 2.01. The Morgan fingerprint density at radius 1 is 1.40 bits per heavy atom. The standard InChI is InChI=1S/C17H17N5O2S/c1-10-6-7-13-14(8-10)25-17(18-13)19-15(23)9-22-16(24)11-4-2-3-5-12(11)20-21-22/h2-5,10H,6-9H2,1H3,(H,18,19,23)/t10-/m0/s1. The quantitative estimate of drug-likeness (QED) is 0.776. The fourth-order valence-electron chi connectivity index (χ4n) is 3.02. The van der Waals surface area contributed by atoms with Gasteiger partial charge in [0.1, 0.15) is 12.1 Å². The number of nitrogens with one attached hydrogen (secondary N) is 1. The van der Waals surface area contributed by atoms with Gasteiger partial charge in [0.2, 0.25) is 5.91 Å². The molecule has 1 aliphatic rings. The van der Waals surface area contributed by atoms with Crippen LogP contribution in [0.15, 0.2) is 29.1 Å². The zero-order chi connectivity index (χ0) is 17.4. The molecule has 3 aromatic rings. The minimum Gasteiger partial charge on any atom is -0.300 e. The molecule has 0 spiro atoms. The van der Waals surface area contributed by atoms with Crippen molar-refractivity contribution in [3.05, 3.63) is 45.2 Å². The molecular weight excluding hydrogens is 338 g/mol. The first-order chi connectivity index (χ1) is 12.1. The number of hydrogen-bond donors (Lipinski definition) is 1. The number of anilines is 1. The van der Waals surface area contributed by atoms with E-state index in [1.165, 1.54) is 16.2 Å². The van der Waals surface area contributed by atoms with Gasteiger partial charge in [0, 0.05) is 4.88 Å². The first-order valence-corrected chi connectivity index (χ1v) is 9.03. The molecule has 1 amide bonds. The number of carbonyl (C=O) groups is 1. The molecule has 1 aliphatic carbocycles. The maximum absolute atomic E-state index is 12.4. The number of aryl methyl sites for hydroxylation is 1. The molecular formula is C17H17N5O2S. The predicted molar refractivity (Wildman–Crippen MR) is 95.7 cm³/mol. The second kappa shape index (κ2) is 6.36. The van der Waals surface area contributed by atoms with Gasteiger partial charge in [-0.2, -0.15) is 0 Å². The van der Waals surface area contributed by atoms with Crippen LogP contribution in [-0.2, 0) is 24.2 Å². The van der Waals surface area contributed by atoms with Crippen molar-refractivity contribution in [2.45, 2.75) is 32.7 Å². The van der Waals surface area contributed by atoms with Crippen molar-refractivity contribution >= 4 is 33.3 Å². The molecule has 25 heavy (non-hydrogen) atoms. The van der Waals surface area contributed by atoms with Gasteiger partial charge in [0.25, 0.3) is 5.56 Å². The molecule has 1 aromatic carbocycles. The van der Waals surface area contributed by atoms with E-state index in [1.54, 1.807) is 24.3 Å². The number of thiazole rings is 1. The summed E-state index contributed by atoms with van der Waals surface area (Å²) in [6.45, 7) is 2.04. The highest BCUT2D eigenvalue weighted by Gasteiger charge is 2.20. The number of amides is 1. The lowest BCUT2D eigenvalue weighted by molar-refractivity contribution is -0.117. The molecule has 2 aromatic heterocycles. The van der Waals surface area contributed by atoms with Crippen molar-refractivity contribution in [2.24, 2.45) is 5.92 Å². The molecule has 0 saturated carbocycles. The minimum absolute atomic E-state index is 0.183. The lowest BCUT2D eigenvalue weighted by atomic mass is 9.93. The Labute approximate surface area is 147 Å². The summed E-state index contributed by atoms with van der Waals surface area (Å²) in [5.41, 5.74) is 1.28. The monoisotopic (exact) mass is 355 g/mol. The highest BCUT2D eigenvalue weighted by atomic mass is 32.1. The van der Waals surface area contributed by atoms with Crippen molar-refractivity contribution in [2.75, 3.05) is 5.32 Å². The molecule has 4 rings (SSSR count). The minimum atomic E-state index is -0.328. The van der Waals surface area contributed by atoms with Crippen LogP contribution in [0.1, 0.15) is 23.9 Å². The Bertz CT molecular complexity index is 1010. The van der Waals surface area contributed by atoms with Gasteiger partial charge >= 0.3 is 0 Å². The van der Waals surface area contributed by atoms with E-state index >= 15 is 0 Å². The SMILES string of the molecule is C[C@H]1CCc2nc(NC(=O)Cn3nnc4ccccc4c3=O)sc2C1. The molecule has 2 heterocycles. The zero-order valence-electron chi connectivity index (χ0n) is 13.7. The van der Waals surface area contributed by atoms with Gasteiger partial charge in [-0.3, -0.25) is 9.59 Å². The van der Waals surface area contributed by atoms with E-state index in [0.29, 0.717) is 22.0 Å². The third-order valence-electron chi connectivity index (χ3n) is 4.36. The van der Waals surface area contributed by atoms with Gasteiger partial charge in [-0.25, -0.2) is 9.67 Å². The number of rotatable bonds is 3. The number of hydrogen-bond acceptors (Lipinski definition) is 6. The second-order valence-electron chi connectivity index (χ2n) is 6.35. The molecule has 1 atom stereocenters. The van der Waals surface area contributed by atoms with E-state index < -0.39 is 0 Å². The molecule has 0 fully saturated rings. The van der Waals surface area contributed by atoms with Crippen molar-refractivity contribution in [1.29, 1.82) is 0 Å². The van der Waals surface area contributed by atoms with E-state index in [2.05, 4.69) is 27.5 Å². The summed E-state index contributed by atoms with van der Waals surface area (Å²) >= 11 is 1.52. The van der Waals surface area contributed by atoms with Crippen LogP contribution >= 0.6 is 11.3 Å². The van der Waals surface area contributed by atoms with E-state index in [4.69, 9.17) is 0 Å². The molecule has 7 nitrogen and oxygen atoms in total. The first-order valence-electron chi connectivity index (χ1n) is 8.21. The summed E-state index contributed by atoms with van der Waals surface area (Å²) in [5, 5.41) is 11.6. The molecule has 0 radical (unpaired) electrons.